The Morgan fingerprint density at radius 2 is 0.672 bits per heavy atom. The van der Waals surface area contributed by atoms with Crippen molar-refractivity contribution in [2.24, 2.45) is 0 Å². The molecule has 13 rings (SSSR count). The molecular weight excluding hydrogens is 773 g/mol. The second-order valence-electron chi connectivity index (χ2n) is 17.0. The van der Waals surface area contributed by atoms with E-state index in [1.807, 2.05) is 0 Å². The van der Waals surface area contributed by atoms with Crippen molar-refractivity contribution >= 4 is 94.1 Å². The fraction of sp³-hybridized carbons (Fsp3) is 0.0323. The van der Waals surface area contributed by atoms with Gasteiger partial charge in [0, 0.05) is 33.4 Å². The largest absolute Gasteiger partial charge is 0.310 e. The number of nitrogens with zero attached hydrogens (tertiary/aromatic N) is 2. The Morgan fingerprint density at radius 1 is 0.281 bits per heavy atom. The zero-order chi connectivity index (χ0) is 42.1. The predicted octanol–water partition coefficient (Wildman–Crippen LogP) is 16.6. The first-order valence-electron chi connectivity index (χ1n) is 22.4. The van der Waals surface area contributed by atoms with Gasteiger partial charge in [0.2, 0.25) is 0 Å². The Kier molecular flexibility index (Phi) is 8.39. The van der Waals surface area contributed by atoms with Crippen LogP contribution in [0.15, 0.2) is 224 Å². The molecule has 0 N–H and O–H groups in total. The van der Waals surface area contributed by atoms with Gasteiger partial charge in [0.05, 0.1) is 11.4 Å². The highest BCUT2D eigenvalue weighted by Crippen LogP contribution is 2.56. The summed E-state index contributed by atoms with van der Waals surface area (Å²) in [6.07, 6.45) is 4.45. The topological polar surface area (TPSA) is 6.48 Å². The molecule has 0 saturated heterocycles. The summed E-state index contributed by atoms with van der Waals surface area (Å²) >= 11 is 0. The number of fused-ring (bicyclic) bond motifs is 6. The second-order valence-corrected chi connectivity index (χ2v) is 17.0. The maximum Gasteiger partial charge on any atom is 0.0540 e. The standard InChI is InChI=1S/C62H42N2/c1-7-21-41(22-8-1)55-59-49-35-19-33-47-53(63(43-25-11-3-12-26-43)44-27-13-4-14-28-44)39-37-51(57(47)49)61(59)56(42-23-9-2-10-24-42)62-52-38-40-54(48-34-20-36-50(58(48)52)60(55)62)64(45-29-15-5-16-30-45)46-31-17-6-18-32-46/h1-19,21-35,37-40H,20,36H2. The smallest absolute Gasteiger partial charge is 0.0540 e. The van der Waals surface area contributed by atoms with Crippen molar-refractivity contribution in [1.82, 2.24) is 0 Å². The average Bonchev–Trinajstić information content (AvgIpc) is 3.88. The lowest BCUT2D eigenvalue weighted by Gasteiger charge is -2.27. The van der Waals surface area contributed by atoms with E-state index in [4.69, 9.17) is 0 Å². The number of hydrogen-bond donors (Lipinski definition) is 0. The van der Waals surface area contributed by atoms with Gasteiger partial charge in [-0.3, -0.25) is 0 Å². The van der Waals surface area contributed by atoms with Gasteiger partial charge in [0.15, 0.2) is 0 Å². The first-order valence-corrected chi connectivity index (χ1v) is 22.4. The van der Waals surface area contributed by atoms with Gasteiger partial charge in [-0.15, -0.1) is 0 Å². The van der Waals surface area contributed by atoms with Crippen molar-refractivity contribution in [3.63, 3.8) is 0 Å². The Labute approximate surface area is 372 Å². The van der Waals surface area contributed by atoms with E-state index >= 15 is 0 Å². The van der Waals surface area contributed by atoms with E-state index in [9.17, 15) is 0 Å². The molecule has 2 nitrogen and oxygen atoms in total. The van der Waals surface area contributed by atoms with Crippen LogP contribution in [0.3, 0.4) is 0 Å². The van der Waals surface area contributed by atoms with Crippen molar-refractivity contribution in [2.75, 3.05) is 9.80 Å². The summed E-state index contributed by atoms with van der Waals surface area (Å²) in [7, 11) is 0. The lowest BCUT2D eigenvalue weighted by atomic mass is 9.86. The van der Waals surface area contributed by atoms with Crippen molar-refractivity contribution in [1.29, 1.82) is 0 Å². The molecule has 12 aromatic carbocycles. The maximum atomic E-state index is 2.50. The number of anilines is 6. The monoisotopic (exact) mass is 814 g/mol. The molecule has 2 heteroatoms. The van der Waals surface area contributed by atoms with Gasteiger partial charge in [-0.25, -0.2) is 0 Å². The fourth-order valence-corrected chi connectivity index (χ4v) is 11.1. The van der Waals surface area contributed by atoms with E-state index in [-0.39, 0.29) is 0 Å². The first-order chi connectivity index (χ1) is 31.8. The second kappa shape index (κ2) is 14.7. The zero-order valence-electron chi connectivity index (χ0n) is 35.2. The summed E-state index contributed by atoms with van der Waals surface area (Å²) in [5, 5.41) is 14.5. The molecule has 1 aliphatic rings. The number of benzene rings is 10. The highest BCUT2D eigenvalue weighted by Gasteiger charge is 2.30. The summed E-state index contributed by atoms with van der Waals surface area (Å²) < 4.78 is 0. The molecule has 300 valence electrons. The quantitative estimate of drug-likeness (QED) is 0.151. The van der Waals surface area contributed by atoms with E-state index in [1.54, 1.807) is 0 Å². The normalized spacial score (nSPS) is 12.4. The molecule has 0 amide bonds. The van der Waals surface area contributed by atoms with Crippen molar-refractivity contribution in [3.05, 3.63) is 235 Å². The lowest BCUT2D eigenvalue weighted by Crippen LogP contribution is -2.20. The van der Waals surface area contributed by atoms with E-state index < -0.39 is 0 Å². The minimum absolute atomic E-state index is 0.968. The van der Waals surface area contributed by atoms with Gasteiger partial charge in [-0.1, -0.05) is 170 Å². The van der Waals surface area contributed by atoms with Gasteiger partial charge in [-0.05, 0) is 150 Å². The summed E-state index contributed by atoms with van der Waals surface area (Å²) in [4.78, 5) is 4.86. The van der Waals surface area contributed by atoms with Crippen LogP contribution in [-0.4, -0.2) is 0 Å². The van der Waals surface area contributed by atoms with E-state index in [0.29, 0.717) is 0 Å². The third-order valence-electron chi connectivity index (χ3n) is 13.6. The highest BCUT2D eigenvalue weighted by molar-refractivity contribution is 6.43. The van der Waals surface area contributed by atoms with Crippen LogP contribution in [0, 0.1) is 0 Å². The minimum Gasteiger partial charge on any atom is -0.310 e. The van der Waals surface area contributed by atoms with Gasteiger partial charge >= 0.3 is 0 Å². The first kappa shape index (κ1) is 36.5. The van der Waals surface area contributed by atoms with Gasteiger partial charge < -0.3 is 9.80 Å². The molecular formula is C62H42N2. The molecule has 0 heterocycles. The predicted molar refractivity (Wildman–Crippen MR) is 273 cm³/mol. The molecule has 0 radical (unpaired) electrons. The van der Waals surface area contributed by atoms with Crippen molar-refractivity contribution < 1.29 is 0 Å². The SMILES string of the molecule is C1=c2c(N(c3ccccc3)c3ccccc3)ccc3c2c(c2c(-c4ccccc4)c4c5cccc6c(N(c7ccccc7)c7ccccc7)ccc(c4c(-c4ccccc4)c23)c65)CC1. The molecule has 0 unspecified atom stereocenters. The Bertz CT molecular complexity index is 3660. The molecule has 0 aliphatic heterocycles. The number of rotatable bonds is 8. The molecule has 0 bridgehead atoms. The van der Waals surface area contributed by atoms with E-state index in [2.05, 4.69) is 240 Å². The van der Waals surface area contributed by atoms with Crippen LogP contribution in [-0.2, 0) is 6.42 Å². The fourth-order valence-electron chi connectivity index (χ4n) is 11.1. The molecule has 0 saturated carbocycles. The zero-order valence-corrected chi connectivity index (χ0v) is 35.2. The van der Waals surface area contributed by atoms with Gasteiger partial charge in [0.25, 0.3) is 0 Å². The number of aryl methyl sites for hydroxylation is 1. The number of hydrogen-bond acceptors (Lipinski definition) is 2. The summed E-state index contributed by atoms with van der Waals surface area (Å²) in [6, 6.07) is 82.3. The summed E-state index contributed by atoms with van der Waals surface area (Å²) in [6.45, 7) is 0. The Hall–Kier alpha value is -8.20. The molecule has 64 heavy (non-hydrogen) atoms. The summed E-state index contributed by atoms with van der Waals surface area (Å²) in [5.74, 6) is 0. The van der Waals surface area contributed by atoms with Crippen molar-refractivity contribution in [2.45, 2.75) is 12.8 Å². The Morgan fingerprint density at radius 3 is 1.19 bits per heavy atom. The molecule has 0 aromatic heterocycles. The highest BCUT2D eigenvalue weighted by atomic mass is 15.1. The summed E-state index contributed by atoms with van der Waals surface area (Å²) in [5.41, 5.74) is 13.5. The minimum atomic E-state index is 0.968. The molecule has 0 fully saturated rings. The van der Waals surface area contributed by atoms with E-state index in [0.717, 1.165) is 35.6 Å². The molecule has 1 aliphatic carbocycles. The van der Waals surface area contributed by atoms with Crippen LogP contribution in [0.25, 0.3) is 82.2 Å². The van der Waals surface area contributed by atoms with Crippen LogP contribution in [0.5, 0.6) is 0 Å². The molecule has 0 atom stereocenters. The van der Waals surface area contributed by atoms with Crippen molar-refractivity contribution in [3.8, 4) is 22.3 Å². The van der Waals surface area contributed by atoms with Gasteiger partial charge in [0.1, 0.15) is 0 Å². The van der Waals surface area contributed by atoms with Crippen LogP contribution >= 0.6 is 0 Å². The lowest BCUT2D eigenvalue weighted by molar-refractivity contribution is 1.05. The maximum absolute atomic E-state index is 2.50. The van der Waals surface area contributed by atoms with Gasteiger partial charge in [-0.2, -0.15) is 0 Å². The van der Waals surface area contributed by atoms with Crippen LogP contribution in [0.2, 0.25) is 0 Å². The molecule has 12 aromatic rings. The third kappa shape index (κ3) is 5.46. The van der Waals surface area contributed by atoms with E-state index in [1.165, 1.54) is 98.3 Å². The molecule has 0 spiro atoms. The van der Waals surface area contributed by atoms with Crippen LogP contribution in [0.1, 0.15) is 12.0 Å². The van der Waals surface area contributed by atoms with Crippen LogP contribution in [0.4, 0.5) is 34.1 Å². The third-order valence-corrected chi connectivity index (χ3v) is 13.6. The average molecular weight is 815 g/mol. The van der Waals surface area contributed by atoms with Crippen LogP contribution < -0.4 is 15.0 Å². The Balaban J connectivity index is 1.20. The number of para-hydroxylation sites is 4.